The molecule has 5 heterocycles. The van der Waals surface area contributed by atoms with Crippen LogP contribution in [0, 0.1) is 28.1 Å². The number of thiophene rings is 3. The lowest BCUT2D eigenvalue weighted by Gasteiger charge is -2.38. The van der Waals surface area contributed by atoms with Gasteiger partial charge in [0.25, 0.3) is 23.6 Å². The van der Waals surface area contributed by atoms with Gasteiger partial charge in [0.05, 0.1) is 14.1 Å². The molecule has 6 amide bonds. The molecule has 2 fully saturated rings. The molecule has 11 rings (SSSR count). The van der Waals surface area contributed by atoms with Crippen LogP contribution in [0.15, 0.2) is 123 Å². The Balaban J connectivity index is 0.972. The van der Waals surface area contributed by atoms with Crippen LogP contribution in [0.3, 0.4) is 0 Å². The number of nitrogens with zero attached hydrogens (tertiary/aromatic N) is 4. The Hall–Kier alpha value is -7.30. The lowest BCUT2D eigenvalue weighted by atomic mass is 9.66. The lowest BCUT2D eigenvalue weighted by molar-refractivity contribution is -0.140. The molecule has 354 valence electrons. The Kier molecular flexibility index (Phi) is 11.6. The molecule has 4 aliphatic carbocycles. The van der Waals surface area contributed by atoms with Crippen LogP contribution >= 0.6 is 34.0 Å². The quantitative estimate of drug-likeness (QED) is 0.118. The molecule has 2 spiro atoms. The van der Waals surface area contributed by atoms with Crippen molar-refractivity contribution in [2.24, 2.45) is 5.41 Å². The van der Waals surface area contributed by atoms with Crippen molar-refractivity contribution in [2.75, 3.05) is 0 Å². The van der Waals surface area contributed by atoms with Gasteiger partial charge in [-0.3, -0.25) is 19.2 Å². The van der Waals surface area contributed by atoms with Gasteiger partial charge in [-0.1, -0.05) is 105 Å². The van der Waals surface area contributed by atoms with Crippen molar-refractivity contribution in [3.8, 4) is 12.1 Å². The van der Waals surface area contributed by atoms with Crippen LogP contribution in [-0.2, 0) is 47.3 Å². The molecule has 2 aromatic carbocycles. The second kappa shape index (κ2) is 17.8. The van der Waals surface area contributed by atoms with Crippen LogP contribution in [0.4, 0.5) is 9.59 Å². The molecular formula is C56H44N4O8S3. The second-order valence-corrected chi connectivity index (χ2v) is 22.1. The van der Waals surface area contributed by atoms with E-state index < -0.39 is 41.2 Å². The molecule has 71 heavy (non-hydrogen) atoms. The molecule has 2 aliphatic heterocycles. The van der Waals surface area contributed by atoms with Crippen LogP contribution in [0.1, 0.15) is 105 Å². The molecule has 0 unspecified atom stereocenters. The summed E-state index contributed by atoms with van der Waals surface area (Å²) in [5, 5.41) is 20.3. The lowest BCUT2D eigenvalue weighted by Crippen LogP contribution is -2.46. The molecule has 15 heteroatoms. The van der Waals surface area contributed by atoms with Crippen molar-refractivity contribution >= 4 is 100 Å². The predicted octanol–water partition coefficient (Wildman–Crippen LogP) is 12.4. The Morgan fingerprint density at radius 1 is 0.634 bits per heavy atom. The largest absolute Gasteiger partial charge is 0.444 e. The summed E-state index contributed by atoms with van der Waals surface area (Å²) in [7, 11) is 0. The fourth-order valence-corrected chi connectivity index (χ4v) is 16.2. The van der Waals surface area contributed by atoms with E-state index in [9.17, 15) is 39.3 Å². The van der Waals surface area contributed by atoms with Crippen molar-refractivity contribution in [3.05, 3.63) is 150 Å². The monoisotopic (exact) mass is 996 g/mol. The number of carbonyl (C=O) groups is 6. The van der Waals surface area contributed by atoms with E-state index in [1.54, 1.807) is 91.1 Å². The zero-order valence-corrected chi connectivity index (χ0v) is 41.3. The van der Waals surface area contributed by atoms with Crippen molar-refractivity contribution in [1.29, 1.82) is 10.5 Å². The van der Waals surface area contributed by atoms with Gasteiger partial charge >= 0.3 is 12.2 Å². The first kappa shape index (κ1) is 46.1. The zero-order valence-electron chi connectivity index (χ0n) is 38.8. The number of amides is 6. The molecule has 0 N–H and O–H groups in total. The number of allylic oxidation sites excluding steroid dienone is 5. The average Bonchev–Trinajstić information content (AvgIpc) is 4.16. The Morgan fingerprint density at radius 3 is 1.66 bits per heavy atom. The number of nitriles is 2. The SMILES string of the molecule is CC1=C(C#N)C(=O)N(C(=O)OCc2ccccc2)C(=O)/C1=C/C1=CC2=C(c3sc4c(sc5cc(/C=C6/C(=O)N(C(=O)OCc7ccccc7)C(=O)C(C#N)=C6C)sc54)c3C23CCCCC3)C12CCCCC2. The van der Waals surface area contributed by atoms with Gasteiger partial charge < -0.3 is 9.47 Å². The van der Waals surface area contributed by atoms with Gasteiger partial charge in [-0.2, -0.15) is 20.3 Å². The third-order valence-electron chi connectivity index (χ3n) is 15.1. The maximum Gasteiger partial charge on any atom is 0.424 e. The summed E-state index contributed by atoms with van der Waals surface area (Å²) in [6.07, 6.45) is 13.4. The molecule has 6 aliphatic rings. The summed E-state index contributed by atoms with van der Waals surface area (Å²) in [5.74, 6) is -3.69. The van der Waals surface area contributed by atoms with E-state index in [1.165, 1.54) is 37.6 Å². The predicted molar refractivity (Wildman–Crippen MR) is 270 cm³/mol. The number of hydrogen-bond donors (Lipinski definition) is 0. The highest BCUT2D eigenvalue weighted by Gasteiger charge is 2.57. The minimum Gasteiger partial charge on any atom is -0.444 e. The maximum absolute atomic E-state index is 14.5. The van der Waals surface area contributed by atoms with Crippen molar-refractivity contribution in [2.45, 2.75) is 96.7 Å². The average molecular weight is 997 g/mol. The number of hydrogen-bond acceptors (Lipinski definition) is 13. The van der Waals surface area contributed by atoms with E-state index in [0.29, 0.717) is 20.9 Å². The number of ether oxygens (including phenoxy) is 2. The standard InChI is InChI=1S/C56H44N4O8S3/c1-31-37(49(61)59(51(63)39(31)27-57)53(65)67-29-33-15-7-3-8-16-33)23-35-24-41-43(55(35)19-11-5-12-20-55)46-44(56(41)21-13-6-14-22-56)47-48(71-46)45-42(70-47)26-36(69-45)25-38-32(2)40(28-58)52(64)60(50(38)62)54(66)68-30-34-17-9-4-10-18-34/h3-4,7-10,15-18,23-26H,5-6,11-14,19-22,29-30H2,1-2H3/b37-23+,38-25+. The Morgan fingerprint density at radius 2 is 1.14 bits per heavy atom. The summed E-state index contributed by atoms with van der Waals surface area (Å²) in [6, 6.07) is 23.8. The minimum absolute atomic E-state index is 0.0606. The van der Waals surface area contributed by atoms with E-state index in [2.05, 4.69) is 6.08 Å². The van der Waals surface area contributed by atoms with Crippen LogP contribution < -0.4 is 0 Å². The van der Waals surface area contributed by atoms with E-state index in [0.717, 1.165) is 88.8 Å². The van der Waals surface area contributed by atoms with Crippen LogP contribution in [0.5, 0.6) is 0 Å². The maximum atomic E-state index is 14.5. The highest BCUT2D eigenvalue weighted by Crippen LogP contribution is 2.70. The number of fused-ring (bicyclic) bond motifs is 9. The molecule has 12 nitrogen and oxygen atoms in total. The van der Waals surface area contributed by atoms with Gasteiger partial charge in [-0.15, -0.1) is 34.0 Å². The van der Waals surface area contributed by atoms with Gasteiger partial charge in [0, 0.05) is 36.4 Å². The molecule has 3 aromatic heterocycles. The first-order valence-electron chi connectivity index (χ1n) is 23.7. The summed E-state index contributed by atoms with van der Waals surface area (Å²) < 4.78 is 15.4. The highest BCUT2D eigenvalue weighted by atomic mass is 32.1. The number of benzene rings is 2. The molecule has 0 bridgehead atoms. The van der Waals surface area contributed by atoms with Gasteiger partial charge in [-0.25, -0.2) is 9.59 Å². The van der Waals surface area contributed by atoms with Gasteiger partial charge in [0.15, 0.2) is 0 Å². The fourth-order valence-electron chi connectivity index (χ4n) is 11.6. The number of rotatable bonds is 6. The third kappa shape index (κ3) is 7.23. The first-order chi connectivity index (χ1) is 34.4. The third-order valence-corrected chi connectivity index (χ3v) is 18.9. The van der Waals surface area contributed by atoms with E-state index in [-0.39, 0.29) is 52.1 Å². The normalized spacial score (nSPS) is 20.7. The first-order valence-corrected chi connectivity index (χ1v) is 26.2. The number of imide groups is 6. The zero-order chi connectivity index (χ0) is 49.3. The van der Waals surface area contributed by atoms with Crippen molar-refractivity contribution in [1.82, 2.24) is 9.80 Å². The van der Waals surface area contributed by atoms with Crippen molar-refractivity contribution < 1.29 is 38.2 Å². The number of carbonyl (C=O) groups excluding carboxylic acids is 6. The summed E-state index contributed by atoms with van der Waals surface area (Å²) >= 11 is 5.05. The summed E-state index contributed by atoms with van der Waals surface area (Å²) in [4.78, 5) is 85.3. The van der Waals surface area contributed by atoms with Gasteiger partial charge in [-0.05, 0) is 102 Å². The Bertz CT molecular complexity index is 3500. The van der Waals surface area contributed by atoms with E-state index in [4.69, 9.17) is 9.47 Å². The van der Waals surface area contributed by atoms with Crippen molar-refractivity contribution in [3.63, 3.8) is 0 Å². The molecule has 5 aromatic rings. The fraction of sp³-hybridized carbons (Fsp3) is 0.286. The van der Waals surface area contributed by atoms with Crippen LogP contribution in [0.25, 0.3) is 30.4 Å². The molecule has 0 saturated heterocycles. The van der Waals surface area contributed by atoms with Crippen LogP contribution in [0.2, 0.25) is 0 Å². The summed E-state index contributed by atoms with van der Waals surface area (Å²) in [5.41, 5.74) is 5.61. The molecular weight excluding hydrogens is 953 g/mol. The molecule has 2 saturated carbocycles. The highest BCUT2D eigenvalue weighted by molar-refractivity contribution is 7.39. The Labute approximate surface area is 420 Å². The topological polar surface area (TPSA) is 175 Å². The van der Waals surface area contributed by atoms with E-state index >= 15 is 0 Å². The summed E-state index contributed by atoms with van der Waals surface area (Å²) in [6.45, 7) is 2.83. The minimum atomic E-state index is -1.15. The van der Waals surface area contributed by atoms with Crippen LogP contribution in [-0.4, -0.2) is 45.6 Å². The molecule has 0 radical (unpaired) electrons. The van der Waals surface area contributed by atoms with Gasteiger partial charge in [0.1, 0.15) is 36.5 Å². The van der Waals surface area contributed by atoms with Gasteiger partial charge in [0.2, 0.25) is 0 Å². The molecule has 0 atom stereocenters. The smallest absolute Gasteiger partial charge is 0.424 e. The second-order valence-electron chi connectivity index (χ2n) is 18.9. The van der Waals surface area contributed by atoms with E-state index in [1.807, 2.05) is 36.4 Å².